The van der Waals surface area contributed by atoms with E-state index < -0.39 is 0 Å². The fraction of sp³-hybridized carbons (Fsp3) is 0.467. The summed E-state index contributed by atoms with van der Waals surface area (Å²) in [6, 6.07) is 7.29. The Kier molecular flexibility index (Phi) is 5.27. The maximum absolute atomic E-state index is 11.7. The smallest absolute Gasteiger partial charge is 0.409 e. The first kappa shape index (κ1) is 16.7. The SMILES string of the molecule is CCOC(=O)N1CCN(Cc2nnn(-c3cccc(Cl)c3)n2)CC1. The van der Waals surface area contributed by atoms with E-state index in [0.717, 1.165) is 18.8 Å². The molecular weight excluding hydrogens is 332 g/mol. The molecule has 9 heteroatoms. The zero-order valence-electron chi connectivity index (χ0n) is 13.4. The van der Waals surface area contributed by atoms with Crippen LogP contribution in [0.2, 0.25) is 5.02 Å². The fourth-order valence-electron chi connectivity index (χ4n) is 2.52. The number of carbonyl (C=O) groups excluding carboxylic acids is 1. The van der Waals surface area contributed by atoms with Gasteiger partial charge in [-0.1, -0.05) is 17.7 Å². The molecule has 2 heterocycles. The molecule has 1 saturated heterocycles. The molecule has 8 nitrogen and oxygen atoms in total. The van der Waals surface area contributed by atoms with Crippen molar-refractivity contribution < 1.29 is 9.53 Å². The van der Waals surface area contributed by atoms with Crippen molar-refractivity contribution in [2.24, 2.45) is 0 Å². The van der Waals surface area contributed by atoms with Crippen LogP contribution in [0, 0.1) is 0 Å². The summed E-state index contributed by atoms with van der Waals surface area (Å²) in [5, 5.41) is 13.2. The number of aromatic nitrogens is 4. The van der Waals surface area contributed by atoms with E-state index in [1.807, 2.05) is 19.1 Å². The van der Waals surface area contributed by atoms with Gasteiger partial charge in [0.15, 0.2) is 5.82 Å². The summed E-state index contributed by atoms with van der Waals surface area (Å²) in [4.78, 5) is 17.1. The molecule has 0 spiro atoms. The second kappa shape index (κ2) is 7.59. The van der Waals surface area contributed by atoms with E-state index in [1.54, 1.807) is 17.0 Å². The van der Waals surface area contributed by atoms with Gasteiger partial charge in [0.2, 0.25) is 0 Å². The number of amides is 1. The van der Waals surface area contributed by atoms with Crippen molar-refractivity contribution in [1.82, 2.24) is 30.0 Å². The number of halogens is 1. The number of hydrogen-bond donors (Lipinski definition) is 0. The van der Waals surface area contributed by atoms with Crippen LogP contribution in [0.3, 0.4) is 0 Å². The zero-order valence-corrected chi connectivity index (χ0v) is 14.2. The third kappa shape index (κ3) is 4.01. The van der Waals surface area contributed by atoms with E-state index in [-0.39, 0.29) is 6.09 Å². The van der Waals surface area contributed by atoms with Gasteiger partial charge in [-0.25, -0.2) is 4.79 Å². The van der Waals surface area contributed by atoms with Crippen LogP contribution in [-0.4, -0.2) is 68.9 Å². The maximum atomic E-state index is 11.7. The highest BCUT2D eigenvalue weighted by Crippen LogP contribution is 2.13. The van der Waals surface area contributed by atoms with Crippen LogP contribution in [0.15, 0.2) is 24.3 Å². The normalized spacial score (nSPS) is 15.5. The van der Waals surface area contributed by atoms with E-state index >= 15 is 0 Å². The van der Waals surface area contributed by atoms with Crippen molar-refractivity contribution in [1.29, 1.82) is 0 Å². The van der Waals surface area contributed by atoms with Gasteiger partial charge in [0.05, 0.1) is 18.8 Å². The van der Waals surface area contributed by atoms with E-state index in [4.69, 9.17) is 16.3 Å². The highest BCUT2D eigenvalue weighted by molar-refractivity contribution is 6.30. The van der Waals surface area contributed by atoms with E-state index in [9.17, 15) is 4.79 Å². The number of nitrogens with zero attached hydrogens (tertiary/aromatic N) is 6. The quantitative estimate of drug-likeness (QED) is 0.833. The van der Waals surface area contributed by atoms with Gasteiger partial charge in [-0.2, -0.15) is 0 Å². The van der Waals surface area contributed by atoms with Crippen LogP contribution in [-0.2, 0) is 11.3 Å². The Morgan fingerprint density at radius 3 is 2.79 bits per heavy atom. The van der Waals surface area contributed by atoms with Crippen molar-refractivity contribution in [2.75, 3.05) is 32.8 Å². The molecular formula is C15H19ClN6O2. The molecule has 0 unspecified atom stereocenters. The van der Waals surface area contributed by atoms with Crippen molar-refractivity contribution in [3.63, 3.8) is 0 Å². The summed E-state index contributed by atoms with van der Waals surface area (Å²) in [6.45, 7) is 5.59. The first-order valence-corrected chi connectivity index (χ1v) is 8.22. The zero-order chi connectivity index (χ0) is 16.9. The highest BCUT2D eigenvalue weighted by atomic mass is 35.5. The molecule has 1 aliphatic heterocycles. The molecule has 0 atom stereocenters. The van der Waals surface area contributed by atoms with Gasteiger partial charge >= 0.3 is 6.09 Å². The van der Waals surface area contributed by atoms with Gasteiger partial charge in [0.25, 0.3) is 0 Å². The van der Waals surface area contributed by atoms with Crippen molar-refractivity contribution in [3.05, 3.63) is 35.1 Å². The lowest BCUT2D eigenvalue weighted by Gasteiger charge is -2.33. The summed E-state index contributed by atoms with van der Waals surface area (Å²) >= 11 is 5.98. The third-order valence-corrected chi connectivity index (χ3v) is 3.99. The fourth-order valence-corrected chi connectivity index (χ4v) is 2.70. The summed E-state index contributed by atoms with van der Waals surface area (Å²) in [5.74, 6) is 0.638. The molecule has 1 fully saturated rings. The first-order valence-electron chi connectivity index (χ1n) is 7.84. The Morgan fingerprint density at radius 2 is 2.08 bits per heavy atom. The lowest BCUT2D eigenvalue weighted by molar-refractivity contribution is 0.0771. The Labute approximate surface area is 144 Å². The molecule has 0 radical (unpaired) electrons. The molecule has 24 heavy (non-hydrogen) atoms. The number of hydrogen-bond acceptors (Lipinski definition) is 6. The average molecular weight is 351 g/mol. The summed E-state index contributed by atoms with van der Waals surface area (Å²) < 4.78 is 5.02. The second-order valence-electron chi connectivity index (χ2n) is 5.44. The Hall–Kier alpha value is -2.19. The molecule has 3 rings (SSSR count). The van der Waals surface area contributed by atoms with Crippen LogP contribution in [0.4, 0.5) is 4.79 Å². The average Bonchev–Trinajstić information content (AvgIpc) is 3.04. The Bertz CT molecular complexity index is 699. The van der Waals surface area contributed by atoms with Crippen molar-refractivity contribution >= 4 is 17.7 Å². The van der Waals surface area contributed by atoms with Gasteiger partial charge in [-0.3, -0.25) is 4.90 Å². The van der Waals surface area contributed by atoms with Gasteiger partial charge in [0.1, 0.15) is 0 Å². The predicted octanol–water partition coefficient (Wildman–Crippen LogP) is 1.59. The van der Waals surface area contributed by atoms with E-state index in [1.165, 1.54) is 4.80 Å². The minimum absolute atomic E-state index is 0.248. The summed E-state index contributed by atoms with van der Waals surface area (Å²) in [6.07, 6.45) is -0.248. The standard InChI is InChI=1S/C15H19ClN6O2/c1-2-24-15(23)21-8-6-20(7-9-21)11-14-17-19-22(18-14)13-5-3-4-12(16)10-13/h3-5,10H,2,6-9,11H2,1H3. The topological polar surface area (TPSA) is 76.4 Å². The van der Waals surface area contributed by atoms with Gasteiger partial charge in [-0.15, -0.1) is 15.0 Å². The number of tetrazole rings is 1. The molecule has 2 aromatic rings. The maximum Gasteiger partial charge on any atom is 0.409 e. The van der Waals surface area contributed by atoms with Gasteiger partial charge in [0, 0.05) is 31.2 Å². The predicted molar refractivity (Wildman–Crippen MR) is 88.0 cm³/mol. The molecule has 1 amide bonds. The van der Waals surface area contributed by atoms with E-state index in [2.05, 4.69) is 20.3 Å². The van der Waals surface area contributed by atoms with Crippen LogP contribution < -0.4 is 0 Å². The molecule has 0 aliphatic carbocycles. The van der Waals surface area contributed by atoms with Crippen LogP contribution in [0.1, 0.15) is 12.7 Å². The lowest BCUT2D eigenvalue weighted by atomic mass is 10.3. The number of carbonyl (C=O) groups is 1. The molecule has 0 bridgehead atoms. The second-order valence-corrected chi connectivity index (χ2v) is 5.87. The summed E-state index contributed by atoms with van der Waals surface area (Å²) in [5.41, 5.74) is 0.772. The number of piperazine rings is 1. The summed E-state index contributed by atoms with van der Waals surface area (Å²) in [7, 11) is 0. The molecule has 128 valence electrons. The van der Waals surface area contributed by atoms with Crippen LogP contribution >= 0.6 is 11.6 Å². The van der Waals surface area contributed by atoms with Crippen molar-refractivity contribution in [2.45, 2.75) is 13.5 Å². The van der Waals surface area contributed by atoms with E-state index in [0.29, 0.717) is 37.1 Å². The monoisotopic (exact) mass is 350 g/mol. The molecule has 1 aromatic heterocycles. The molecule has 1 aliphatic rings. The largest absolute Gasteiger partial charge is 0.450 e. The van der Waals surface area contributed by atoms with Crippen LogP contribution in [0.25, 0.3) is 5.69 Å². The number of rotatable bonds is 4. The first-order chi connectivity index (χ1) is 11.7. The Morgan fingerprint density at radius 1 is 1.29 bits per heavy atom. The molecule has 0 saturated carbocycles. The van der Waals surface area contributed by atoms with Gasteiger partial charge < -0.3 is 9.64 Å². The molecule has 1 aromatic carbocycles. The Balaban J connectivity index is 1.56. The minimum Gasteiger partial charge on any atom is -0.450 e. The third-order valence-electron chi connectivity index (χ3n) is 3.76. The van der Waals surface area contributed by atoms with Gasteiger partial charge in [-0.05, 0) is 30.3 Å². The number of ether oxygens (including phenoxy) is 1. The van der Waals surface area contributed by atoms with Crippen LogP contribution in [0.5, 0.6) is 0 Å². The highest BCUT2D eigenvalue weighted by Gasteiger charge is 2.22. The molecule has 0 N–H and O–H groups in total. The van der Waals surface area contributed by atoms with Crippen molar-refractivity contribution in [3.8, 4) is 5.69 Å². The lowest BCUT2D eigenvalue weighted by Crippen LogP contribution is -2.48. The number of benzene rings is 1. The minimum atomic E-state index is -0.248.